The SMILES string of the molecule is CN(CC(=O)Nc1ccc(Cl)c(S(=O)(=O)N2CCCC2)c1)S(C)(=O)=O. The summed E-state index contributed by atoms with van der Waals surface area (Å²) in [7, 11) is -5.94. The lowest BCUT2D eigenvalue weighted by molar-refractivity contribution is -0.116. The van der Waals surface area contributed by atoms with Crippen LogP contribution < -0.4 is 5.32 Å². The molecule has 0 unspecified atom stereocenters. The van der Waals surface area contributed by atoms with Crippen molar-refractivity contribution in [3.8, 4) is 0 Å². The van der Waals surface area contributed by atoms with Gasteiger partial charge in [0.15, 0.2) is 0 Å². The number of likely N-dealkylation sites (N-methyl/N-ethyl adjacent to an activating group) is 1. The minimum Gasteiger partial charge on any atom is -0.325 e. The van der Waals surface area contributed by atoms with Crippen LogP contribution in [0.25, 0.3) is 0 Å². The fourth-order valence-electron chi connectivity index (χ4n) is 2.37. The fraction of sp³-hybridized carbons (Fsp3) is 0.500. The van der Waals surface area contributed by atoms with E-state index in [-0.39, 0.29) is 22.2 Å². The molecule has 1 aromatic carbocycles. The van der Waals surface area contributed by atoms with Crippen molar-refractivity contribution in [2.24, 2.45) is 0 Å². The topological polar surface area (TPSA) is 104 Å². The Hall–Kier alpha value is -1.20. The van der Waals surface area contributed by atoms with Crippen LogP contribution in [-0.2, 0) is 24.8 Å². The highest BCUT2D eigenvalue weighted by Crippen LogP contribution is 2.29. The molecule has 2 rings (SSSR count). The third kappa shape index (κ3) is 4.91. The van der Waals surface area contributed by atoms with Crippen molar-refractivity contribution in [1.82, 2.24) is 8.61 Å². The van der Waals surface area contributed by atoms with Crippen LogP contribution in [0, 0.1) is 0 Å². The molecule has 0 saturated carbocycles. The summed E-state index contributed by atoms with van der Waals surface area (Å²) in [4.78, 5) is 11.9. The number of benzene rings is 1. The molecule has 0 aromatic heterocycles. The van der Waals surface area contributed by atoms with Crippen LogP contribution in [0.1, 0.15) is 12.8 Å². The smallest absolute Gasteiger partial charge is 0.244 e. The zero-order valence-electron chi connectivity index (χ0n) is 13.9. The number of halogens is 1. The third-order valence-electron chi connectivity index (χ3n) is 3.83. The number of sulfonamides is 2. The van der Waals surface area contributed by atoms with Crippen molar-refractivity contribution < 1.29 is 21.6 Å². The zero-order chi connectivity index (χ0) is 18.8. The largest absolute Gasteiger partial charge is 0.325 e. The van der Waals surface area contributed by atoms with Gasteiger partial charge in [0, 0.05) is 25.8 Å². The Kier molecular flexibility index (Phi) is 6.10. The highest BCUT2D eigenvalue weighted by molar-refractivity contribution is 7.89. The van der Waals surface area contributed by atoms with Crippen LogP contribution in [0.5, 0.6) is 0 Å². The second kappa shape index (κ2) is 7.58. The molecule has 1 aliphatic rings. The lowest BCUT2D eigenvalue weighted by atomic mass is 10.3. The molecule has 1 amide bonds. The Labute approximate surface area is 152 Å². The van der Waals surface area contributed by atoms with Crippen molar-refractivity contribution in [3.63, 3.8) is 0 Å². The predicted octanol–water partition coefficient (Wildman–Crippen LogP) is 0.954. The Bertz CT molecular complexity index is 864. The van der Waals surface area contributed by atoms with Crippen LogP contribution in [0.3, 0.4) is 0 Å². The number of nitrogens with one attached hydrogen (secondary N) is 1. The van der Waals surface area contributed by atoms with E-state index in [9.17, 15) is 21.6 Å². The summed E-state index contributed by atoms with van der Waals surface area (Å²) in [5.74, 6) is -0.584. The molecular formula is C14H20ClN3O5S2. The summed E-state index contributed by atoms with van der Waals surface area (Å²) in [5, 5.41) is 2.56. The number of amides is 1. The normalized spacial score (nSPS) is 16.3. The van der Waals surface area contributed by atoms with Crippen molar-refractivity contribution >= 4 is 43.2 Å². The highest BCUT2D eigenvalue weighted by Gasteiger charge is 2.29. The molecular weight excluding hydrogens is 390 g/mol. The van der Waals surface area contributed by atoms with Crippen LogP contribution in [-0.4, -0.2) is 64.3 Å². The summed E-state index contributed by atoms with van der Waals surface area (Å²) in [6.45, 7) is 0.498. The summed E-state index contributed by atoms with van der Waals surface area (Å²) < 4.78 is 50.2. The van der Waals surface area contributed by atoms with Gasteiger partial charge in [0.2, 0.25) is 26.0 Å². The first kappa shape index (κ1) is 20.1. The van der Waals surface area contributed by atoms with Gasteiger partial charge in [-0.05, 0) is 31.0 Å². The first-order valence-electron chi connectivity index (χ1n) is 7.52. The van der Waals surface area contributed by atoms with E-state index in [2.05, 4.69) is 5.32 Å². The molecule has 0 bridgehead atoms. The van der Waals surface area contributed by atoms with Gasteiger partial charge in [-0.3, -0.25) is 4.79 Å². The fourth-order valence-corrected chi connectivity index (χ4v) is 4.74. The molecule has 11 heteroatoms. The number of anilines is 1. The first-order chi connectivity index (χ1) is 11.5. The van der Waals surface area contributed by atoms with Gasteiger partial charge in [-0.2, -0.15) is 8.61 Å². The van der Waals surface area contributed by atoms with Crippen molar-refractivity contribution in [2.45, 2.75) is 17.7 Å². The number of hydrogen-bond donors (Lipinski definition) is 1. The second-order valence-corrected chi connectivity index (χ2v) is 10.2. The van der Waals surface area contributed by atoms with Gasteiger partial charge in [0.25, 0.3) is 0 Å². The molecule has 140 valence electrons. The standard InChI is InChI=1S/C14H20ClN3O5S2/c1-17(24(2,20)21)10-14(19)16-11-5-6-12(15)13(9-11)25(22,23)18-7-3-4-8-18/h5-6,9H,3-4,7-8,10H2,1-2H3,(H,16,19). The van der Waals surface area contributed by atoms with Crippen LogP contribution in [0.2, 0.25) is 5.02 Å². The van der Waals surface area contributed by atoms with Gasteiger partial charge in [-0.1, -0.05) is 11.6 Å². The van der Waals surface area contributed by atoms with Gasteiger partial charge in [-0.25, -0.2) is 16.8 Å². The van der Waals surface area contributed by atoms with Gasteiger partial charge >= 0.3 is 0 Å². The summed E-state index contributed by atoms with van der Waals surface area (Å²) in [5.41, 5.74) is 0.231. The van der Waals surface area contributed by atoms with E-state index >= 15 is 0 Å². The number of hydrogen-bond acceptors (Lipinski definition) is 5. The monoisotopic (exact) mass is 409 g/mol. The van der Waals surface area contributed by atoms with Gasteiger partial charge in [0.1, 0.15) is 4.90 Å². The molecule has 25 heavy (non-hydrogen) atoms. The zero-order valence-corrected chi connectivity index (χ0v) is 16.3. The molecule has 0 spiro atoms. The highest BCUT2D eigenvalue weighted by atomic mass is 35.5. The average Bonchev–Trinajstić information content (AvgIpc) is 3.03. The third-order valence-corrected chi connectivity index (χ3v) is 7.47. The van der Waals surface area contributed by atoms with E-state index in [1.54, 1.807) is 0 Å². The minimum atomic E-state index is -3.73. The van der Waals surface area contributed by atoms with E-state index in [4.69, 9.17) is 11.6 Å². The van der Waals surface area contributed by atoms with Gasteiger partial charge < -0.3 is 5.32 Å². The van der Waals surface area contributed by atoms with E-state index in [0.29, 0.717) is 13.1 Å². The molecule has 1 heterocycles. The maximum absolute atomic E-state index is 12.6. The number of rotatable bonds is 6. The second-order valence-electron chi connectivity index (χ2n) is 5.82. The summed E-state index contributed by atoms with van der Waals surface area (Å²) >= 11 is 6.03. The van der Waals surface area contributed by atoms with Gasteiger partial charge in [0.05, 0.1) is 17.8 Å². The van der Waals surface area contributed by atoms with E-state index in [1.165, 1.54) is 29.6 Å². The van der Waals surface area contributed by atoms with E-state index in [1.807, 2.05) is 0 Å². The number of carbonyl (C=O) groups is 1. The van der Waals surface area contributed by atoms with Crippen LogP contribution in [0.4, 0.5) is 5.69 Å². The summed E-state index contributed by atoms with van der Waals surface area (Å²) in [6, 6.07) is 4.14. The Morgan fingerprint density at radius 3 is 2.40 bits per heavy atom. The molecule has 1 N–H and O–H groups in total. The predicted molar refractivity (Wildman–Crippen MR) is 95.5 cm³/mol. The molecule has 1 aliphatic heterocycles. The first-order valence-corrected chi connectivity index (χ1v) is 11.2. The number of carbonyl (C=O) groups excluding carboxylic acids is 1. The molecule has 8 nitrogen and oxygen atoms in total. The van der Waals surface area contributed by atoms with Crippen LogP contribution in [0.15, 0.2) is 23.1 Å². The molecule has 1 fully saturated rings. The maximum Gasteiger partial charge on any atom is 0.244 e. The lowest BCUT2D eigenvalue weighted by Crippen LogP contribution is -2.34. The van der Waals surface area contributed by atoms with Crippen molar-refractivity contribution in [1.29, 1.82) is 0 Å². The van der Waals surface area contributed by atoms with Crippen LogP contribution >= 0.6 is 11.6 Å². The Morgan fingerprint density at radius 1 is 1.24 bits per heavy atom. The molecule has 1 saturated heterocycles. The minimum absolute atomic E-state index is 0.0677. The Balaban J connectivity index is 2.20. The molecule has 0 aliphatic carbocycles. The maximum atomic E-state index is 12.6. The van der Waals surface area contributed by atoms with Crippen molar-refractivity contribution in [3.05, 3.63) is 23.2 Å². The van der Waals surface area contributed by atoms with E-state index < -0.39 is 26.0 Å². The summed E-state index contributed by atoms with van der Waals surface area (Å²) in [6.07, 6.45) is 2.58. The number of nitrogens with zero attached hydrogens (tertiary/aromatic N) is 2. The van der Waals surface area contributed by atoms with E-state index in [0.717, 1.165) is 23.4 Å². The molecule has 0 atom stereocenters. The van der Waals surface area contributed by atoms with Gasteiger partial charge in [-0.15, -0.1) is 0 Å². The quantitative estimate of drug-likeness (QED) is 0.753. The lowest BCUT2D eigenvalue weighted by Gasteiger charge is -2.18. The molecule has 0 radical (unpaired) electrons. The average molecular weight is 410 g/mol. The Morgan fingerprint density at radius 2 is 1.84 bits per heavy atom. The molecule has 1 aromatic rings. The van der Waals surface area contributed by atoms with Crippen molar-refractivity contribution in [2.75, 3.05) is 38.3 Å².